The van der Waals surface area contributed by atoms with Crippen LogP contribution in [0.1, 0.15) is 32.0 Å². The molecule has 0 saturated carbocycles. The Hall–Kier alpha value is -0.620. The molecule has 0 saturated heterocycles. The van der Waals surface area contributed by atoms with Crippen LogP contribution >= 0.6 is 11.6 Å². The Labute approximate surface area is 120 Å². The van der Waals surface area contributed by atoms with Crippen LogP contribution in [0.2, 0.25) is 5.02 Å². The molecular weight excluding hydrogens is 266 g/mol. The van der Waals surface area contributed by atoms with Crippen LogP contribution in [0.3, 0.4) is 0 Å². The van der Waals surface area contributed by atoms with Gasteiger partial charge in [-0.3, -0.25) is 4.68 Å². The standard InChI is InChI=1S/C13H24ClN3O2/c1-5-11(19-4)12(15-6-2)13-10(14)9-16-17(13)7-8-18-3/h9,11-12,15H,5-8H2,1-4H3. The van der Waals surface area contributed by atoms with Gasteiger partial charge in [0.1, 0.15) is 0 Å². The molecule has 0 fully saturated rings. The van der Waals surface area contributed by atoms with Crippen LogP contribution in [0.25, 0.3) is 0 Å². The molecule has 1 rings (SSSR count). The van der Waals surface area contributed by atoms with E-state index in [9.17, 15) is 0 Å². The van der Waals surface area contributed by atoms with Gasteiger partial charge in [0.2, 0.25) is 0 Å². The lowest BCUT2D eigenvalue weighted by atomic mass is 10.0. The molecule has 0 aliphatic carbocycles. The first-order chi connectivity index (χ1) is 9.19. The van der Waals surface area contributed by atoms with E-state index < -0.39 is 0 Å². The molecule has 0 aromatic carbocycles. The Kier molecular flexibility index (Phi) is 7.38. The average molecular weight is 290 g/mol. The van der Waals surface area contributed by atoms with Gasteiger partial charge in [0, 0.05) is 14.2 Å². The van der Waals surface area contributed by atoms with Crippen molar-refractivity contribution in [1.29, 1.82) is 0 Å². The minimum atomic E-state index is 0.0341. The van der Waals surface area contributed by atoms with E-state index in [2.05, 4.69) is 24.3 Å². The number of nitrogens with one attached hydrogen (secondary N) is 1. The molecule has 0 aliphatic heterocycles. The monoisotopic (exact) mass is 289 g/mol. The molecular formula is C13H24ClN3O2. The average Bonchev–Trinajstić information content (AvgIpc) is 2.77. The van der Waals surface area contributed by atoms with Crippen LogP contribution in [0, 0.1) is 0 Å². The molecule has 0 aliphatic rings. The summed E-state index contributed by atoms with van der Waals surface area (Å²) in [6.07, 6.45) is 2.65. The molecule has 0 amide bonds. The molecule has 1 aromatic heterocycles. The van der Waals surface area contributed by atoms with Gasteiger partial charge in [0.25, 0.3) is 0 Å². The second kappa shape index (κ2) is 8.53. The summed E-state index contributed by atoms with van der Waals surface area (Å²) in [4.78, 5) is 0. The molecule has 1 N–H and O–H groups in total. The lowest BCUT2D eigenvalue weighted by molar-refractivity contribution is 0.0621. The highest BCUT2D eigenvalue weighted by Crippen LogP contribution is 2.27. The molecule has 6 heteroatoms. The Morgan fingerprint density at radius 1 is 1.42 bits per heavy atom. The van der Waals surface area contributed by atoms with Gasteiger partial charge in [0.05, 0.1) is 42.2 Å². The lowest BCUT2D eigenvalue weighted by Gasteiger charge is -2.27. The quantitative estimate of drug-likeness (QED) is 0.757. The Morgan fingerprint density at radius 3 is 2.68 bits per heavy atom. The molecule has 0 spiro atoms. The maximum absolute atomic E-state index is 6.29. The van der Waals surface area contributed by atoms with E-state index >= 15 is 0 Å². The lowest BCUT2D eigenvalue weighted by Crippen LogP contribution is -2.35. The molecule has 110 valence electrons. The highest BCUT2D eigenvalue weighted by atomic mass is 35.5. The van der Waals surface area contributed by atoms with E-state index in [1.54, 1.807) is 20.4 Å². The summed E-state index contributed by atoms with van der Waals surface area (Å²) in [5.74, 6) is 0. The van der Waals surface area contributed by atoms with Crippen molar-refractivity contribution in [3.63, 3.8) is 0 Å². The fraction of sp³-hybridized carbons (Fsp3) is 0.769. The maximum atomic E-state index is 6.29. The fourth-order valence-electron chi connectivity index (χ4n) is 2.20. The summed E-state index contributed by atoms with van der Waals surface area (Å²) in [6, 6.07) is 0.0341. The topological polar surface area (TPSA) is 48.3 Å². The zero-order valence-electron chi connectivity index (χ0n) is 12.1. The Balaban J connectivity index is 3.02. The van der Waals surface area contributed by atoms with Gasteiger partial charge in [-0.15, -0.1) is 0 Å². The number of methoxy groups -OCH3 is 2. The van der Waals surface area contributed by atoms with Crippen molar-refractivity contribution < 1.29 is 9.47 Å². The zero-order valence-corrected chi connectivity index (χ0v) is 12.9. The van der Waals surface area contributed by atoms with Gasteiger partial charge < -0.3 is 14.8 Å². The highest BCUT2D eigenvalue weighted by molar-refractivity contribution is 6.31. The minimum Gasteiger partial charge on any atom is -0.383 e. The summed E-state index contributed by atoms with van der Waals surface area (Å²) in [7, 11) is 3.40. The van der Waals surface area contributed by atoms with Gasteiger partial charge in [-0.25, -0.2) is 0 Å². The Morgan fingerprint density at radius 2 is 2.16 bits per heavy atom. The molecule has 0 bridgehead atoms. The summed E-state index contributed by atoms with van der Waals surface area (Å²) >= 11 is 6.29. The number of aromatic nitrogens is 2. The first kappa shape index (κ1) is 16.4. The summed E-state index contributed by atoms with van der Waals surface area (Å²) in [6.45, 7) is 6.30. The van der Waals surface area contributed by atoms with Crippen molar-refractivity contribution in [2.24, 2.45) is 0 Å². The van der Waals surface area contributed by atoms with Crippen LogP contribution in [0.5, 0.6) is 0 Å². The van der Waals surface area contributed by atoms with Crippen LogP contribution in [0.4, 0.5) is 0 Å². The smallest absolute Gasteiger partial charge is 0.0835 e. The third-order valence-corrected chi connectivity index (χ3v) is 3.43. The summed E-state index contributed by atoms with van der Waals surface area (Å²) in [5.41, 5.74) is 0.967. The first-order valence-corrected chi connectivity index (χ1v) is 7.03. The molecule has 5 nitrogen and oxygen atoms in total. The van der Waals surface area contributed by atoms with Crippen molar-refractivity contribution in [2.75, 3.05) is 27.4 Å². The number of nitrogens with zero attached hydrogens (tertiary/aromatic N) is 2. The van der Waals surface area contributed by atoms with E-state index in [0.29, 0.717) is 18.2 Å². The highest BCUT2D eigenvalue weighted by Gasteiger charge is 2.26. The SMILES string of the molecule is CCNC(c1c(Cl)cnn1CCOC)C(CC)OC. The molecule has 2 unspecified atom stereocenters. The largest absolute Gasteiger partial charge is 0.383 e. The minimum absolute atomic E-state index is 0.0341. The van der Waals surface area contributed by atoms with Crippen molar-refractivity contribution >= 4 is 11.6 Å². The number of ether oxygens (including phenoxy) is 2. The van der Waals surface area contributed by atoms with Crippen LogP contribution in [0.15, 0.2) is 6.20 Å². The van der Waals surface area contributed by atoms with Gasteiger partial charge >= 0.3 is 0 Å². The van der Waals surface area contributed by atoms with Crippen LogP contribution < -0.4 is 5.32 Å². The van der Waals surface area contributed by atoms with Crippen molar-refractivity contribution in [2.45, 2.75) is 39.0 Å². The predicted octanol–water partition coefficient (Wildman–Crippen LogP) is 2.26. The molecule has 0 radical (unpaired) electrons. The number of likely N-dealkylation sites (N-methyl/N-ethyl adjacent to an activating group) is 1. The van der Waals surface area contributed by atoms with E-state index in [1.807, 2.05) is 4.68 Å². The van der Waals surface area contributed by atoms with E-state index in [-0.39, 0.29) is 12.1 Å². The van der Waals surface area contributed by atoms with E-state index in [1.165, 1.54) is 0 Å². The van der Waals surface area contributed by atoms with Gasteiger partial charge in [-0.1, -0.05) is 25.4 Å². The third-order valence-electron chi connectivity index (χ3n) is 3.14. The Bertz CT molecular complexity index is 367. The first-order valence-electron chi connectivity index (χ1n) is 6.65. The molecule has 2 atom stereocenters. The van der Waals surface area contributed by atoms with E-state index in [4.69, 9.17) is 21.1 Å². The van der Waals surface area contributed by atoms with Gasteiger partial charge in [-0.2, -0.15) is 5.10 Å². The number of hydrogen-bond donors (Lipinski definition) is 1. The normalized spacial score (nSPS) is 14.6. The number of hydrogen-bond acceptors (Lipinski definition) is 4. The molecule has 19 heavy (non-hydrogen) atoms. The predicted molar refractivity (Wildman–Crippen MR) is 76.6 cm³/mol. The third kappa shape index (κ3) is 4.18. The van der Waals surface area contributed by atoms with Gasteiger partial charge in [-0.05, 0) is 13.0 Å². The van der Waals surface area contributed by atoms with Gasteiger partial charge in [0.15, 0.2) is 0 Å². The second-order valence-corrected chi connectivity index (χ2v) is 4.72. The van der Waals surface area contributed by atoms with Crippen molar-refractivity contribution in [3.8, 4) is 0 Å². The second-order valence-electron chi connectivity index (χ2n) is 4.31. The molecule has 1 heterocycles. The van der Waals surface area contributed by atoms with E-state index in [0.717, 1.165) is 18.7 Å². The van der Waals surface area contributed by atoms with Crippen LogP contribution in [-0.4, -0.2) is 43.3 Å². The fourth-order valence-corrected chi connectivity index (χ4v) is 2.46. The van der Waals surface area contributed by atoms with Crippen LogP contribution in [-0.2, 0) is 16.0 Å². The molecule has 1 aromatic rings. The summed E-state index contributed by atoms with van der Waals surface area (Å²) in [5, 5.41) is 8.41. The number of rotatable bonds is 9. The number of halogens is 1. The van der Waals surface area contributed by atoms with Crippen molar-refractivity contribution in [3.05, 3.63) is 16.9 Å². The zero-order chi connectivity index (χ0) is 14.3. The summed E-state index contributed by atoms with van der Waals surface area (Å²) < 4.78 is 12.6. The van der Waals surface area contributed by atoms with Crippen molar-refractivity contribution in [1.82, 2.24) is 15.1 Å². The maximum Gasteiger partial charge on any atom is 0.0835 e.